The van der Waals surface area contributed by atoms with E-state index in [0.29, 0.717) is 17.9 Å². The van der Waals surface area contributed by atoms with Gasteiger partial charge >= 0.3 is 0 Å². The average molecular weight is 431 g/mol. The van der Waals surface area contributed by atoms with Crippen molar-refractivity contribution in [2.75, 3.05) is 21.2 Å². The van der Waals surface area contributed by atoms with Crippen molar-refractivity contribution < 1.29 is 19.1 Å². The zero-order chi connectivity index (χ0) is 22.9. The van der Waals surface area contributed by atoms with Crippen molar-refractivity contribution in [3.63, 3.8) is 0 Å². The van der Waals surface area contributed by atoms with Gasteiger partial charge < -0.3 is 9.64 Å². The number of hydrogen-bond donors (Lipinski definition) is 0. The Kier molecular flexibility index (Phi) is 5.65. The fraction of sp³-hybridized carbons (Fsp3) is 0.280. The van der Waals surface area contributed by atoms with Crippen LogP contribution in [0.15, 0.2) is 60.8 Å². The molecule has 2 heterocycles. The first-order valence-electron chi connectivity index (χ1n) is 10.4. The van der Waals surface area contributed by atoms with E-state index in [2.05, 4.69) is 4.98 Å². The molecule has 7 nitrogen and oxygen atoms in total. The molecule has 32 heavy (non-hydrogen) atoms. The SMILES string of the molecule is COc1ccccc1C1(CC(=O)N(C)Cc2cccc3ncccc23)CC(=O)N(C)C1=O. The molecule has 1 saturated heterocycles. The molecule has 7 heteroatoms. The van der Waals surface area contributed by atoms with Crippen molar-refractivity contribution in [3.8, 4) is 5.75 Å². The topological polar surface area (TPSA) is 79.8 Å². The Morgan fingerprint density at radius 2 is 1.91 bits per heavy atom. The summed E-state index contributed by atoms with van der Waals surface area (Å²) >= 11 is 0. The second-order valence-electron chi connectivity index (χ2n) is 8.13. The van der Waals surface area contributed by atoms with Gasteiger partial charge in [0.15, 0.2) is 0 Å². The van der Waals surface area contributed by atoms with Crippen LogP contribution in [-0.2, 0) is 26.3 Å². The van der Waals surface area contributed by atoms with E-state index >= 15 is 0 Å². The molecule has 0 radical (unpaired) electrons. The number of likely N-dealkylation sites (tertiary alicyclic amines) is 1. The number of hydrogen-bond acceptors (Lipinski definition) is 5. The number of nitrogens with zero attached hydrogens (tertiary/aromatic N) is 3. The Hall–Kier alpha value is -3.74. The van der Waals surface area contributed by atoms with E-state index in [9.17, 15) is 14.4 Å². The number of amides is 3. The van der Waals surface area contributed by atoms with Crippen LogP contribution in [0.1, 0.15) is 24.0 Å². The van der Waals surface area contributed by atoms with Crippen LogP contribution in [0.5, 0.6) is 5.75 Å². The molecule has 0 bridgehead atoms. The maximum atomic E-state index is 13.4. The van der Waals surface area contributed by atoms with Crippen LogP contribution in [0.2, 0.25) is 0 Å². The number of carbonyl (C=O) groups is 3. The van der Waals surface area contributed by atoms with Gasteiger partial charge in [-0.1, -0.05) is 36.4 Å². The van der Waals surface area contributed by atoms with Gasteiger partial charge in [-0.15, -0.1) is 0 Å². The lowest BCUT2D eigenvalue weighted by molar-refractivity contribution is -0.141. The summed E-state index contributed by atoms with van der Waals surface area (Å²) in [6, 6.07) is 16.7. The van der Waals surface area contributed by atoms with Crippen LogP contribution in [0.3, 0.4) is 0 Å². The van der Waals surface area contributed by atoms with Crippen LogP contribution < -0.4 is 4.74 Å². The Labute approximate surface area is 186 Å². The molecular weight excluding hydrogens is 406 g/mol. The van der Waals surface area contributed by atoms with E-state index < -0.39 is 5.41 Å². The fourth-order valence-corrected chi connectivity index (χ4v) is 4.41. The molecule has 3 aromatic rings. The number of fused-ring (bicyclic) bond motifs is 1. The summed E-state index contributed by atoms with van der Waals surface area (Å²) in [4.78, 5) is 46.2. The normalized spacial score (nSPS) is 18.3. The lowest BCUT2D eigenvalue weighted by Crippen LogP contribution is -2.41. The summed E-state index contributed by atoms with van der Waals surface area (Å²) in [6.07, 6.45) is 1.54. The van der Waals surface area contributed by atoms with Crippen LogP contribution in [0.25, 0.3) is 10.9 Å². The Morgan fingerprint density at radius 3 is 2.62 bits per heavy atom. The highest BCUT2D eigenvalue weighted by Crippen LogP contribution is 2.43. The quantitative estimate of drug-likeness (QED) is 0.561. The third-order valence-corrected chi connectivity index (χ3v) is 6.19. The average Bonchev–Trinajstić information content (AvgIpc) is 3.03. The summed E-state index contributed by atoms with van der Waals surface area (Å²) in [5.41, 5.74) is 1.09. The van der Waals surface area contributed by atoms with Gasteiger partial charge in [0.1, 0.15) is 5.75 Å². The molecular formula is C25H25N3O4. The van der Waals surface area contributed by atoms with Gasteiger partial charge in [0.05, 0.1) is 18.0 Å². The van der Waals surface area contributed by atoms with Gasteiger partial charge in [-0.05, 0) is 23.8 Å². The van der Waals surface area contributed by atoms with E-state index in [1.807, 2.05) is 30.3 Å². The molecule has 0 saturated carbocycles. The number of methoxy groups -OCH3 is 1. The van der Waals surface area contributed by atoms with E-state index in [-0.39, 0.29) is 30.6 Å². The number of ether oxygens (including phenoxy) is 1. The molecule has 0 aliphatic carbocycles. The van der Waals surface area contributed by atoms with Gasteiger partial charge in [-0.3, -0.25) is 24.3 Å². The summed E-state index contributed by atoms with van der Waals surface area (Å²) in [7, 11) is 4.68. The number of rotatable bonds is 6. The van der Waals surface area contributed by atoms with Crippen LogP contribution in [0.4, 0.5) is 0 Å². The minimum absolute atomic E-state index is 0.0690. The highest BCUT2D eigenvalue weighted by atomic mass is 16.5. The monoisotopic (exact) mass is 431 g/mol. The van der Waals surface area contributed by atoms with Crippen molar-refractivity contribution in [1.82, 2.24) is 14.8 Å². The molecule has 1 aromatic heterocycles. The van der Waals surface area contributed by atoms with Crippen LogP contribution in [0, 0.1) is 0 Å². The maximum absolute atomic E-state index is 13.4. The highest BCUT2D eigenvalue weighted by Gasteiger charge is 2.54. The number of pyridine rings is 1. The first-order chi connectivity index (χ1) is 15.4. The van der Waals surface area contributed by atoms with E-state index in [1.165, 1.54) is 14.2 Å². The van der Waals surface area contributed by atoms with Crippen molar-refractivity contribution in [3.05, 3.63) is 71.9 Å². The number of carbonyl (C=O) groups excluding carboxylic acids is 3. The third kappa shape index (κ3) is 3.60. The first kappa shape index (κ1) is 21.5. The van der Waals surface area contributed by atoms with Crippen LogP contribution in [-0.4, -0.2) is 53.7 Å². The molecule has 0 spiro atoms. The highest BCUT2D eigenvalue weighted by molar-refractivity contribution is 6.10. The molecule has 1 aliphatic rings. The Balaban J connectivity index is 1.66. The van der Waals surface area contributed by atoms with Gasteiger partial charge in [0, 0.05) is 50.6 Å². The third-order valence-electron chi connectivity index (χ3n) is 6.19. The van der Waals surface area contributed by atoms with Crippen molar-refractivity contribution in [2.24, 2.45) is 0 Å². The van der Waals surface area contributed by atoms with Gasteiger partial charge in [0.25, 0.3) is 0 Å². The Morgan fingerprint density at radius 1 is 1.12 bits per heavy atom. The molecule has 4 rings (SSSR count). The summed E-state index contributed by atoms with van der Waals surface area (Å²) < 4.78 is 5.47. The van der Waals surface area contributed by atoms with Gasteiger partial charge in [-0.25, -0.2) is 0 Å². The second-order valence-corrected chi connectivity index (χ2v) is 8.13. The zero-order valence-corrected chi connectivity index (χ0v) is 18.4. The zero-order valence-electron chi connectivity index (χ0n) is 18.4. The molecule has 1 aliphatic heterocycles. The molecule has 164 valence electrons. The number of likely N-dealkylation sites (N-methyl/N-ethyl adjacent to an activating group) is 1. The fourth-order valence-electron chi connectivity index (χ4n) is 4.41. The van der Waals surface area contributed by atoms with Crippen LogP contribution >= 0.6 is 0 Å². The minimum Gasteiger partial charge on any atom is -0.496 e. The lowest BCUT2D eigenvalue weighted by Gasteiger charge is -2.30. The van der Waals surface area contributed by atoms with Gasteiger partial charge in [-0.2, -0.15) is 0 Å². The van der Waals surface area contributed by atoms with E-state index in [4.69, 9.17) is 4.74 Å². The predicted molar refractivity (Wildman–Crippen MR) is 120 cm³/mol. The molecule has 1 atom stereocenters. The number of imide groups is 1. The molecule has 2 aromatic carbocycles. The van der Waals surface area contributed by atoms with Crippen molar-refractivity contribution >= 4 is 28.6 Å². The smallest absolute Gasteiger partial charge is 0.240 e. The van der Waals surface area contributed by atoms with E-state index in [1.54, 1.807) is 42.4 Å². The Bertz CT molecular complexity index is 1200. The molecule has 1 fully saturated rings. The summed E-state index contributed by atoms with van der Waals surface area (Å²) in [5.74, 6) is -0.438. The standard InChI is InChI=1S/C25H25N3O4/c1-27(16-17-8-6-11-20-18(17)9-7-13-26-20)22(29)14-25(15-23(30)28(2)24(25)31)19-10-4-5-12-21(19)32-3/h4-13H,14-16H2,1-3H3. The van der Waals surface area contributed by atoms with Crippen molar-refractivity contribution in [1.29, 1.82) is 0 Å². The first-order valence-corrected chi connectivity index (χ1v) is 10.4. The molecule has 0 N–H and O–H groups in total. The number of benzene rings is 2. The number of para-hydroxylation sites is 1. The summed E-state index contributed by atoms with van der Waals surface area (Å²) in [5, 5.41) is 0.973. The molecule has 1 unspecified atom stereocenters. The largest absolute Gasteiger partial charge is 0.496 e. The lowest BCUT2D eigenvalue weighted by atomic mass is 9.75. The minimum atomic E-state index is -1.29. The number of aromatic nitrogens is 1. The summed E-state index contributed by atoms with van der Waals surface area (Å²) in [6.45, 7) is 0.363. The van der Waals surface area contributed by atoms with Crippen molar-refractivity contribution in [2.45, 2.75) is 24.8 Å². The predicted octanol–water partition coefficient (Wildman–Crippen LogP) is 2.92. The molecule has 3 amide bonds. The van der Waals surface area contributed by atoms with Gasteiger partial charge in [0.2, 0.25) is 17.7 Å². The second kappa shape index (κ2) is 8.42. The van der Waals surface area contributed by atoms with E-state index in [0.717, 1.165) is 21.4 Å². The maximum Gasteiger partial charge on any atom is 0.240 e.